The minimum atomic E-state index is -0.837. The van der Waals surface area contributed by atoms with E-state index in [9.17, 15) is 10.1 Å². The van der Waals surface area contributed by atoms with Crippen LogP contribution in [0.25, 0.3) is 0 Å². The highest BCUT2D eigenvalue weighted by Gasteiger charge is 2.40. The van der Waals surface area contributed by atoms with Gasteiger partial charge in [-0.15, -0.1) is 0 Å². The van der Waals surface area contributed by atoms with Gasteiger partial charge in [-0.05, 0) is 49.3 Å². The fourth-order valence-corrected chi connectivity index (χ4v) is 3.31. The molecule has 2 aliphatic rings. The summed E-state index contributed by atoms with van der Waals surface area (Å²) in [6.07, 6.45) is 3.64. The molecule has 1 aromatic rings. The van der Waals surface area contributed by atoms with Gasteiger partial charge in [0, 0.05) is 12.1 Å². The molecule has 3 rings (SSSR count). The highest BCUT2D eigenvalue weighted by atomic mass is 16.5. The molecule has 1 atom stereocenters. The standard InChI is InChI=1S/C20H24N2O4/c1-24-17-6-5-14(9-18(17)26-11-13-3-4-13)20(12-21)8-7-16(22)15(10-20)19(23)25-2/h5-6,9,13H,3-4,7-8,10-11,22H2,1-2H3. The molecule has 1 saturated carbocycles. The molecule has 0 bridgehead atoms. The van der Waals surface area contributed by atoms with E-state index in [1.807, 2.05) is 18.2 Å². The topological polar surface area (TPSA) is 94.6 Å². The van der Waals surface area contributed by atoms with Gasteiger partial charge in [-0.1, -0.05) is 6.07 Å². The Morgan fingerprint density at radius 1 is 1.35 bits per heavy atom. The third kappa shape index (κ3) is 3.48. The maximum absolute atomic E-state index is 12.0. The van der Waals surface area contributed by atoms with Gasteiger partial charge in [0.15, 0.2) is 11.5 Å². The summed E-state index contributed by atoms with van der Waals surface area (Å²) in [6, 6.07) is 7.95. The van der Waals surface area contributed by atoms with Crippen molar-refractivity contribution in [1.82, 2.24) is 0 Å². The Balaban J connectivity index is 1.93. The average Bonchev–Trinajstić information content (AvgIpc) is 3.50. The molecule has 26 heavy (non-hydrogen) atoms. The molecule has 2 N–H and O–H groups in total. The van der Waals surface area contributed by atoms with Crippen molar-refractivity contribution in [1.29, 1.82) is 5.26 Å². The summed E-state index contributed by atoms with van der Waals surface area (Å²) in [5.41, 5.74) is 6.85. The van der Waals surface area contributed by atoms with Gasteiger partial charge in [-0.3, -0.25) is 0 Å². The molecule has 1 aromatic carbocycles. The van der Waals surface area contributed by atoms with Gasteiger partial charge < -0.3 is 19.9 Å². The zero-order chi connectivity index (χ0) is 18.7. The lowest BCUT2D eigenvalue weighted by molar-refractivity contribution is -0.136. The Bertz CT molecular complexity index is 777. The monoisotopic (exact) mass is 356 g/mol. The first-order valence-corrected chi connectivity index (χ1v) is 8.81. The van der Waals surface area contributed by atoms with E-state index in [1.54, 1.807) is 7.11 Å². The second kappa shape index (κ2) is 7.28. The van der Waals surface area contributed by atoms with Gasteiger partial charge in [-0.25, -0.2) is 4.79 Å². The summed E-state index contributed by atoms with van der Waals surface area (Å²) in [5.74, 6) is 1.41. The Kier molecular flexibility index (Phi) is 5.08. The maximum Gasteiger partial charge on any atom is 0.335 e. The molecule has 0 radical (unpaired) electrons. The van der Waals surface area contributed by atoms with E-state index in [2.05, 4.69) is 6.07 Å². The number of allylic oxidation sites excluding steroid dienone is 1. The van der Waals surface area contributed by atoms with E-state index in [-0.39, 0.29) is 6.42 Å². The lowest BCUT2D eigenvalue weighted by Gasteiger charge is -2.32. The summed E-state index contributed by atoms with van der Waals surface area (Å²) in [7, 11) is 2.92. The number of ether oxygens (including phenoxy) is 3. The first-order valence-electron chi connectivity index (χ1n) is 8.81. The first kappa shape index (κ1) is 18.1. The molecule has 0 saturated heterocycles. The van der Waals surface area contributed by atoms with Gasteiger partial charge in [0.1, 0.15) is 0 Å². The van der Waals surface area contributed by atoms with Crippen LogP contribution in [-0.2, 0) is 14.9 Å². The van der Waals surface area contributed by atoms with Gasteiger partial charge in [0.05, 0.1) is 37.9 Å². The molecule has 6 nitrogen and oxygen atoms in total. The van der Waals surface area contributed by atoms with E-state index in [0.717, 1.165) is 5.56 Å². The minimum absolute atomic E-state index is 0.233. The predicted octanol–water partition coefficient (Wildman–Crippen LogP) is 2.82. The van der Waals surface area contributed by atoms with Crippen molar-refractivity contribution >= 4 is 5.97 Å². The molecule has 0 aliphatic heterocycles. The summed E-state index contributed by atoms with van der Waals surface area (Å²) in [4.78, 5) is 12.0. The number of carbonyl (C=O) groups excluding carboxylic acids is 1. The predicted molar refractivity (Wildman–Crippen MR) is 95.6 cm³/mol. The van der Waals surface area contributed by atoms with Crippen molar-refractivity contribution in [3.8, 4) is 17.6 Å². The second-order valence-electron chi connectivity index (χ2n) is 6.99. The fraction of sp³-hybridized carbons (Fsp3) is 0.500. The summed E-state index contributed by atoms with van der Waals surface area (Å²) in [6.45, 7) is 0.652. The number of benzene rings is 1. The average molecular weight is 356 g/mol. The fourth-order valence-electron chi connectivity index (χ4n) is 3.31. The molecule has 0 spiro atoms. The number of rotatable bonds is 6. The van der Waals surface area contributed by atoms with Gasteiger partial charge in [0.25, 0.3) is 0 Å². The third-order valence-corrected chi connectivity index (χ3v) is 5.22. The quantitative estimate of drug-likeness (QED) is 0.788. The smallest absolute Gasteiger partial charge is 0.335 e. The van der Waals surface area contributed by atoms with Crippen LogP contribution in [0.3, 0.4) is 0 Å². The molecule has 1 unspecified atom stereocenters. The molecule has 0 heterocycles. The van der Waals surface area contributed by atoms with Crippen molar-refractivity contribution in [3.05, 3.63) is 35.0 Å². The van der Waals surface area contributed by atoms with Crippen LogP contribution in [0.4, 0.5) is 0 Å². The molecule has 0 amide bonds. The number of nitriles is 1. The molecule has 2 aliphatic carbocycles. The van der Waals surface area contributed by atoms with Crippen LogP contribution in [-0.4, -0.2) is 26.8 Å². The van der Waals surface area contributed by atoms with Crippen molar-refractivity contribution in [2.45, 2.75) is 37.5 Å². The van der Waals surface area contributed by atoms with Gasteiger partial charge >= 0.3 is 5.97 Å². The zero-order valence-corrected chi connectivity index (χ0v) is 15.2. The minimum Gasteiger partial charge on any atom is -0.493 e. The van der Waals surface area contributed by atoms with Gasteiger partial charge in [-0.2, -0.15) is 5.26 Å². The number of esters is 1. The Hall–Kier alpha value is -2.68. The summed E-state index contributed by atoms with van der Waals surface area (Å²) >= 11 is 0. The lowest BCUT2D eigenvalue weighted by atomic mass is 9.69. The molecular weight excluding hydrogens is 332 g/mol. The largest absolute Gasteiger partial charge is 0.493 e. The zero-order valence-electron chi connectivity index (χ0n) is 15.2. The van der Waals surface area contributed by atoms with E-state index in [4.69, 9.17) is 19.9 Å². The van der Waals surface area contributed by atoms with Crippen molar-refractivity contribution in [2.24, 2.45) is 11.7 Å². The summed E-state index contributed by atoms with van der Waals surface area (Å²) < 4.78 is 16.2. The van der Waals surface area contributed by atoms with Crippen LogP contribution in [0, 0.1) is 17.2 Å². The van der Waals surface area contributed by atoms with Crippen molar-refractivity contribution < 1.29 is 19.0 Å². The van der Waals surface area contributed by atoms with E-state index in [1.165, 1.54) is 20.0 Å². The van der Waals surface area contributed by atoms with Gasteiger partial charge in [0.2, 0.25) is 0 Å². The molecule has 138 valence electrons. The number of carbonyl (C=O) groups is 1. The van der Waals surface area contributed by atoms with Crippen LogP contribution >= 0.6 is 0 Å². The lowest BCUT2D eigenvalue weighted by Crippen LogP contribution is -2.33. The maximum atomic E-state index is 12.0. The van der Waals surface area contributed by atoms with Crippen molar-refractivity contribution in [2.75, 3.05) is 20.8 Å². The van der Waals surface area contributed by atoms with Crippen LogP contribution in [0.2, 0.25) is 0 Å². The number of nitrogens with two attached hydrogens (primary N) is 1. The Morgan fingerprint density at radius 2 is 2.12 bits per heavy atom. The van der Waals surface area contributed by atoms with Crippen LogP contribution in [0.5, 0.6) is 11.5 Å². The van der Waals surface area contributed by atoms with E-state index < -0.39 is 11.4 Å². The number of hydrogen-bond acceptors (Lipinski definition) is 6. The Labute approximate surface area is 153 Å². The molecular formula is C20H24N2O4. The number of hydrogen-bond donors (Lipinski definition) is 1. The molecule has 6 heteroatoms. The number of nitrogens with zero attached hydrogens (tertiary/aromatic N) is 1. The number of methoxy groups -OCH3 is 2. The van der Waals surface area contributed by atoms with Crippen LogP contribution in [0.1, 0.15) is 37.7 Å². The van der Waals surface area contributed by atoms with Crippen molar-refractivity contribution in [3.63, 3.8) is 0 Å². The molecule has 0 aromatic heterocycles. The normalized spacial score (nSPS) is 22.5. The molecule has 1 fully saturated rings. The highest BCUT2D eigenvalue weighted by molar-refractivity contribution is 5.90. The third-order valence-electron chi connectivity index (χ3n) is 5.22. The second-order valence-corrected chi connectivity index (χ2v) is 6.99. The van der Waals surface area contributed by atoms with E-state index >= 15 is 0 Å². The first-order chi connectivity index (χ1) is 12.5. The van der Waals surface area contributed by atoms with E-state index in [0.29, 0.717) is 48.1 Å². The van der Waals surface area contributed by atoms with Crippen LogP contribution < -0.4 is 15.2 Å². The Morgan fingerprint density at radius 3 is 2.73 bits per heavy atom. The van der Waals surface area contributed by atoms with Crippen LogP contribution in [0.15, 0.2) is 29.5 Å². The highest BCUT2D eigenvalue weighted by Crippen LogP contribution is 2.43. The summed E-state index contributed by atoms with van der Waals surface area (Å²) in [5, 5.41) is 9.96. The SMILES string of the molecule is COC(=O)C1=C(N)CCC(C#N)(c2ccc(OC)c(OCC3CC3)c2)C1.